The molecule has 0 aliphatic rings. The molecule has 1 amide bonds. The number of fused-ring (bicyclic) bond motifs is 1. The van der Waals surface area contributed by atoms with Crippen molar-refractivity contribution in [2.75, 3.05) is 0 Å². The molecule has 4 nitrogen and oxygen atoms in total. The summed E-state index contributed by atoms with van der Waals surface area (Å²) in [6.45, 7) is 6.73. The topological polar surface area (TPSA) is 63.2 Å². The van der Waals surface area contributed by atoms with Crippen molar-refractivity contribution in [3.8, 4) is 0 Å². The van der Waals surface area contributed by atoms with E-state index in [2.05, 4.69) is 20.8 Å². The fourth-order valence-electron chi connectivity index (χ4n) is 2.13. The molecule has 0 aliphatic carbocycles. The fourth-order valence-corrected chi connectivity index (χ4v) is 3.12. The highest BCUT2D eigenvalue weighted by molar-refractivity contribution is 7.90. The smallest absolute Gasteiger partial charge is 0.264 e. The van der Waals surface area contributed by atoms with Crippen LogP contribution >= 0.6 is 0 Å². The summed E-state index contributed by atoms with van der Waals surface area (Å²) in [6.07, 6.45) is 2.87. The van der Waals surface area contributed by atoms with Gasteiger partial charge in [-0.2, -0.15) is 0 Å². The van der Waals surface area contributed by atoms with Gasteiger partial charge in [-0.1, -0.05) is 70.0 Å². The number of sulfonamides is 1. The van der Waals surface area contributed by atoms with Crippen LogP contribution in [0.25, 0.3) is 10.8 Å². The molecule has 0 bridgehead atoms. The van der Waals surface area contributed by atoms with Crippen LogP contribution in [0.4, 0.5) is 0 Å². The Morgan fingerprint density at radius 2 is 1.73 bits per heavy atom. The zero-order valence-electron chi connectivity index (χ0n) is 13.2. The third-order valence-corrected chi connectivity index (χ3v) is 4.45. The van der Waals surface area contributed by atoms with Crippen LogP contribution in [0.1, 0.15) is 33.6 Å². The van der Waals surface area contributed by atoms with Crippen molar-refractivity contribution >= 4 is 27.2 Å². The number of rotatable bonds is 5. The van der Waals surface area contributed by atoms with Gasteiger partial charge >= 0.3 is 0 Å². The van der Waals surface area contributed by atoms with E-state index in [1.165, 1.54) is 18.9 Å². The van der Waals surface area contributed by atoms with E-state index in [-0.39, 0.29) is 11.3 Å². The number of carbonyl (C=O) groups excluding carboxylic acids is 1. The Hall–Kier alpha value is -1.88. The summed E-state index contributed by atoms with van der Waals surface area (Å²) in [6, 6.07) is 12.0. The highest BCUT2D eigenvalue weighted by atomic mass is 32.2. The first-order chi connectivity index (χ1) is 10.4. The second kappa shape index (κ2) is 8.54. The van der Waals surface area contributed by atoms with Crippen molar-refractivity contribution in [3.05, 3.63) is 42.5 Å². The van der Waals surface area contributed by atoms with E-state index in [9.17, 15) is 13.2 Å². The monoisotopic (exact) mass is 321 g/mol. The third kappa shape index (κ3) is 5.15. The molecule has 5 heteroatoms. The van der Waals surface area contributed by atoms with Gasteiger partial charge in [-0.15, -0.1) is 0 Å². The van der Waals surface area contributed by atoms with Crippen LogP contribution in [0.2, 0.25) is 0 Å². The van der Waals surface area contributed by atoms with Gasteiger partial charge in [-0.05, 0) is 17.4 Å². The Bertz CT molecular complexity index is 703. The largest absolute Gasteiger partial charge is 0.278 e. The first-order valence-corrected chi connectivity index (χ1v) is 8.84. The molecule has 2 aromatic carbocycles. The molecule has 1 N–H and O–H groups in total. The Morgan fingerprint density at radius 3 is 2.27 bits per heavy atom. The van der Waals surface area contributed by atoms with Crippen LogP contribution in [0.15, 0.2) is 47.4 Å². The molecule has 0 spiro atoms. The van der Waals surface area contributed by atoms with Crippen LogP contribution < -0.4 is 4.72 Å². The summed E-state index contributed by atoms with van der Waals surface area (Å²) in [5, 5.41) is 1.41. The summed E-state index contributed by atoms with van der Waals surface area (Å²) in [7, 11) is -3.75. The molecule has 0 fully saturated rings. The van der Waals surface area contributed by atoms with Crippen molar-refractivity contribution in [2.24, 2.45) is 5.92 Å². The Kier molecular flexibility index (Phi) is 7.05. The lowest BCUT2D eigenvalue weighted by molar-refractivity contribution is -0.108. The van der Waals surface area contributed by atoms with Crippen LogP contribution in [0.3, 0.4) is 0 Å². The van der Waals surface area contributed by atoms with E-state index in [1.807, 2.05) is 22.9 Å². The Labute approximate surface area is 132 Å². The van der Waals surface area contributed by atoms with E-state index in [0.717, 1.165) is 11.3 Å². The van der Waals surface area contributed by atoms with Gasteiger partial charge in [-0.25, -0.2) is 8.42 Å². The number of hydrogen-bond donors (Lipinski definition) is 1. The maximum Gasteiger partial charge on any atom is 0.264 e. The number of amides is 1. The molecule has 0 atom stereocenters. The molecule has 2 aromatic rings. The van der Waals surface area contributed by atoms with E-state index in [0.29, 0.717) is 5.39 Å². The Balaban J connectivity index is 0.000000346. The van der Waals surface area contributed by atoms with Gasteiger partial charge in [0.1, 0.15) is 0 Å². The molecule has 0 radical (unpaired) electrons. The molecule has 0 saturated heterocycles. The molecule has 22 heavy (non-hydrogen) atoms. The second-order valence-electron chi connectivity index (χ2n) is 5.40. The first-order valence-electron chi connectivity index (χ1n) is 7.36. The van der Waals surface area contributed by atoms with Crippen molar-refractivity contribution < 1.29 is 13.2 Å². The second-order valence-corrected chi connectivity index (χ2v) is 7.08. The average Bonchev–Trinajstić information content (AvgIpc) is 2.47. The molecular weight excluding hydrogens is 298 g/mol. The maximum atomic E-state index is 11.7. The zero-order chi connectivity index (χ0) is 16.6. The number of benzene rings is 2. The lowest BCUT2D eigenvalue weighted by atomic mass is 10.1. The van der Waals surface area contributed by atoms with Crippen LogP contribution in [-0.2, 0) is 14.8 Å². The molecule has 120 valence electrons. The van der Waals surface area contributed by atoms with Gasteiger partial charge in [0.25, 0.3) is 10.0 Å². The predicted molar refractivity (Wildman–Crippen MR) is 90.1 cm³/mol. The van der Waals surface area contributed by atoms with Gasteiger partial charge in [0.05, 0.1) is 4.90 Å². The van der Waals surface area contributed by atoms with E-state index >= 15 is 0 Å². The molecule has 0 saturated carbocycles. The summed E-state index contributed by atoms with van der Waals surface area (Å²) >= 11 is 0. The van der Waals surface area contributed by atoms with Crippen molar-refractivity contribution in [2.45, 2.75) is 38.5 Å². The van der Waals surface area contributed by atoms with E-state index < -0.39 is 10.0 Å². The highest BCUT2D eigenvalue weighted by Gasteiger charge is 2.15. The minimum absolute atomic E-state index is 0.109. The van der Waals surface area contributed by atoms with Crippen molar-refractivity contribution in [1.82, 2.24) is 4.72 Å². The van der Waals surface area contributed by atoms with Crippen LogP contribution in [0, 0.1) is 5.92 Å². The number of nitrogens with one attached hydrogen (secondary N) is 1. The van der Waals surface area contributed by atoms with Crippen LogP contribution in [-0.4, -0.2) is 14.8 Å². The predicted octanol–water partition coefficient (Wildman–Crippen LogP) is 3.72. The maximum absolute atomic E-state index is 11.7. The molecule has 0 aliphatic heterocycles. The summed E-state index contributed by atoms with van der Waals surface area (Å²) in [5.74, 6) is 0.898. The third-order valence-electron chi connectivity index (χ3n) is 3.11. The molecular formula is C17H23NO3S. The van der Waals surface area contributed by atoms with Gasteiger partial charge in [0.2, 0.25) is 6.41 Å². The molecule has 2 rings (SSSR count). The van der Waals surface area contributed by atoms with E-state index in [1.54, 1.807) is 18.2 Å². The normalized spacial score (nSPS) is 10.9. The van der Waals surface area contributed by atoms with Crippen LogP contribution in [0.5, 0.6) is 0 Å². The lowest BCUT2D eigenvalue weighted by Crippen LogP contribution is -2.21. The lowest BCUT2D eigenvalue weighted by Gasteiger charge is -2.06. The number of carbonyl (C=O) groups is 1. The highest BCUT2D eigenvalue weighted by Crippen LogP contribution is 2.22. The van der Waals surface area contributed by atoms with Gasteiger partial charge in [-0.3, -0.25) is 9.52 Å². The Morgan fingerprint density at radius 1 is 1.09 bits per heavy atom. The average molecular weight is 321 g/mol. The minimum atomic E-state index is -3.75. The summed E-state index contributed by atoms with van der Waals surface area (Å²) in [4.78, 5) is 10.3. The van der Waals surface area contributed by atoms with Gasteiger partial charge in [0.15, 0.2) is 0 Å². The summed E-state index contributed by atoms with van der Waals surface area (Å²) < 4.78 is 25.2. The first kappa shape index (κ1) is 18.2. The standard InChI is InChI=1S/C11H9NO3S.C6H14/c13-8-12-16(14,15)11-7-3-5-9-4-1-2-6-10(9)11;1-4-5-6(2)3/h1-8H,(H,12,13);6H,4-5H2,1-3H3. The molecule has 0 heterocycles. The number of hydrogen-bond acceptors (Lipinski definition) is 3. The van der Waals surface area contributed by atoms with Gasteiger partial charge in [0, 0.05) is 5.39 Å². The minimum Gasteiger partial charge on any atom is -0.278 e. The molecule has 0 aromatic heterocycles. The molecule has 0 unspecified atom stereocenters. The van der Waals surface area contributed by atoms with Gasteiger partial charge < -0.3 is 0 Å². The summed E-state index contributed by atoms with van der Waals surface area (Å²) in [5.41, 5.74) is 0. The zero-order valence-corrected chi connectivity index (χ0v) is 14.1. The van der Waals surface area contributed by atoms with Crippen molar-refractivity contribution in [3.63, 3.8) is 0 Å². The van der Waals surface area contributed by atoms with E-state index in [4.69, 9.17) is 0 Å². The quantitative estimate of drug-likeness (QED) is 0.854. The fraction of sp³-hybridized carbons (Fsp3) is 0.353. The van der Waals surface area contributed by atoms with Crippen molar-refractivity contribution in [1.29, 1.82) is 0 Å². The SMILES string of the molecule is CCCC(C)C.O=CNS(=O)(=O)c1cccc2ccccc12.